The fraction of sp³-hybridized carbons (Fsp3) is 0.455. The predicted molar refractivity (Wildman–Crippen MR) is 70.4 cm³/mol. The van der Waals surface area contributed by atoms with Crippen molar-refractivity contribution in [3.63, 3.8) is 0 Å². The van der Waals surface area contributed by atoms with Crippen LogP contribution in [0.1, 0.15) is 6.92 Å². The number of benzene rings is 1. The molecular weight excluding hydrogens is 304 g/mol. The average Bonchev–Trinajstić information content (AvgIpc) is 2.29. The third kappa shape index (κ3) is 2.88. The Bertz CT molecular complexity index is 504. The van der Waals surface area contributed by atoms with Crippen LogP contribution < -0.4 is 5.32 Å². The zero-order valence-electron chi connectivity index (χ0n) is 9.56. The quantitative estimate of drug-likeness (QED) is 0.897. The van der Waals surface area contributed by atoms with Gasteiger partial charge in [0.05, 0.1) is 4.90 Å². The van der Waals surface area contributed by atoms with E-state index >= 15 is 0 Å². The number of hydrogen-bond acceptors (Lipinski definition) is 3. The maximum absolute atomic E-state index is 12.4. The highest BCUT2D eigenvalue weighted by Gasteiger charge is 2.28. The first-order chi connectivity index (χ1) is 8.00. The molecular formula is C11H15BrN2O2S. The van der Waals surface area contributed by atoms with Crippen molar-refractivity contribution < 1.29 is 8.42 Å². The van der Waals surface area contributed by atoms with Gasteiger partial charge in [-0.2, -0.15) is 4.31 Å². The minimum Gasteiger partial charge on any atom is -0.312 e. The molecule has 6 heteroatoms. The van der Waals surface area contributed by atoms with Crippen LogP contribution in [0.5, 0.6) is 0 Å². The van der Waals surface area contributed by atoms with E-state index in [0.29, 0.717) is 24.5 Å². The Hall–Kier alpha value is -0.430. The van der Waals surface area contributed by atoms with Gasteiger partial charge in [0.15, 0.2) is 0 Å². The van der Waals surface area contributed by atoms with Gasteiger partial charge in [-0.05, 0) is 25.1 Å². The summed E-state index contributed by atoms with van der Waals surface area (Å²) in [4.78, 5) is 0.348. The van der Waals surface area contributed by atoms with E-state index in [1.165, 1.54) is 4.31 Å². The van der Waals surface area contributed by atoms with E-state index in [1.807, 2.05) is 13.0 Å². The van der Waals surface area contributed by atoms with Crippen molar-refractivity contribution in [1.82, 2.24) is 9.62 Å². The molecule has 0 aromatic heterocycles. The van der Waals surface area contributed by atoms with Crippen molar-refractivity contribution >= 4 is 26.0 Å². The molecule has 1 aromatic carbocycles. The molecule has 1 fully saturated rings. The molecule has 0 unspecified atom stereocenters. The summed E-state index contributed by atoms with van der Waals surface area (Å²) >= 11 is 3.30. The van der Waals surface area contributed by atoms with Crippen LogP contribution in [0.4, 0.5) is 0 Å². The zero-order valence-corrected chi connectivity index (χ0v) is 12.0. The molecule has 0 radical (unpaired) electrons. The Balaban J connectivity index is 2.29. The Labute approximate surface area is 110 Å². The molecule has 0 bridgehead atoms. The number of sulfonamides is 1. The number of piperazine rings is 1. The van der Waals surface area contributed by atoms with Gasteiger partial charge >= 0.3 is 0 Å². The maximum Gasteiger partial charge on any atom is 0.243 e. The summed E-state index contributed by atoms with van der Waals surface area (Å²) < 4.78 is 27.0. The number of nitrogens with zero attached hydrogens (tertiary/aromatic N) is 1. The summed E-state index contributed by atoms with van der Waals surface area (Å²) in [6.07, 6.45) is 0. The van der Waals surface area contributed by atoms with Gasteiger partial charge in [-0.15, -0.1) is 0 Å². The van der Waals surface area contributed by atoms with Crippen LogP contribution in [0.25, 0.3) is 0 Å². The second-order valence-corrected chi connectivity index (χ2v) is 7.03. The SMILES string of the molecule is C[C@H]1CN(S(=O)(=O)c2cccc(Br)c2)CCN1. The summed E-state index contributed by atoms with van der Waals surface area (Å²) in [7, 11) is -3.35. The average molecular weight is 319 g/mol. The molecule has 94 valence electrons. The van der Waals surface area contributed by atoms with Gasteiger partial charge < -0.3 is 5.32 Å². The van der Waals surface area contributed by atoms with Crippen LogP contribution in [-0.2, 0) is 10.0 Å². The lowest BCUT2D eigenvalue weighted by molar-refractivity contribution is 0.310. The summed E-state index contributed by atoms with van der Waals surface area (Å²) in [5.74, 6) is 0. The monoisotopic (exact) mass is 318 g/mol. The first-order valence-electron chi connectivity index (χ1n) is 5.49. The number of nitrogens with one attached hydrogen (secondary N) is 1. The van der Waals surface area contributed by atoms with Crippen LogP contribution >= 0.6 is 15.9 Å². The Morgan fingerprint density at radius 1 is 1.47 bits per heavy atom. The van der Waals surface area contributed by atoms with E-state index in [-0.39, 0.29) is 6.04 Å². The number of hydrogen-bond donors (Lipinski definition) is 1. The van der Waals surface area contributed by atoms with Gasteiger partial charge in [0.1, 0.15) is 0 Å². The third-order valence-electron chi connectivity index (χ3n) is 2.77. The number of halogens is 1. The fourth-order valence-electron chi connectivity index (χ4n) is 1.89. The highest BCUT2D eigenvalue weighted by Crippen LogP contribution is 2.20. The van der Waals surface area contributed by atoms with E-state index in [9.17, 15) is 8.42 Å². The van der Waals surface area contributed by atoms with Gasteiger partial charge in [0.25, 0.3) is 0 Å². The minimum atomic E-state index is -3.35. The van der Waals surface area contributed by atoms with Crippen LogP contribution in [0, 0.1) is 0 Å². The lowest BCUT2D eigenvalue weighted by Gasteiger charge is -2.31. The summed E-state index contributed by atoms with van der Waals surface area (Å²) in [6.45, 7) is 3.74. The van der Waals surface area contributed by atoms with Gasteiger partial charge in [-0.25, -0.2) is 8.42 Å². The van der Waals surface area contributed by atoms with Gasteiger partial charge in [0, 0.05) is 30.1 Å². The maximum atomic E-state index is 12.4. The minimum absolute atomic E-state index is 0.200. The Morgan fingerprint density at radius 3 is 2.88 bits per heavy atom. The standard InChI is InChI=1S/C11H15BrN2O2S/c1-9-8-14(6-5-13-9)17(15,16)11-4-2-3-10(12)7-11/h2-4,7,9,13H,5-6,8H2,1H3/t9-/m0/s1. The van der Waals surface area contributed by atoms with Gasteiger partial charge in [0.2, 0.25) is 10.0 Å². The lowest BCUT2D eigenvalue weighted by atomic mass is 10.3. The first kappa shape index (κ1) is 13.0. The van der Waals surface area contributed by atoms with E-state index in [4.69, 9.17) is 0 Å². The topological polar surface area (TPSA) is 49.4 Å². The second kappa shape index (κ2) is 5.06. The molecule has 1 saturated heterocycles. The van der Waals surface area contributed by atoms with Crippen molar-refractivity contribution in [3.8, 4) is 0 Å². The third-order valence-corrected chi connectivity index (χ3v) is 5.12. The van der Waals surface area contributed by atoms with Crippen LogP contribution in [0.3, 0.4) is 0 Å². The molecule has 0 aliphatic carbocycles. The molecule has 1 heterocycles. The summed E-state index contributed by atoms with van der Waals surface area (Å²) in [6, 6.07) is 7.03. The Morgan fingerprint density at radius 2 is 2.24 bits per heavy atom. The van der Waals surface area contributed by atoms with E-state index in [0.717, 1.165) is 4.47 Å². The van der Waals surface area contributed by atoms with Crippen molar-refractivity contribution in [2.75, 3.05) is 19.6 Å². The normalized spacial score (nSPS) is 22.6. The zero-order chi connectivity index (χ0) is 12.5. The predicted octanol–water partition coefficient (Wildman–Crippen LogP) is 1.43. The molecule has 1 aliphatic heterocycles. The second-order valence-electron chi connectivity index (χ2n) is 4.18. The number of rotatable bonds is 2. The molecule has 0 spiro atoms. The molecule has 0 amide bonds. The molecule has 1 aliphatic rings. The molecule has 1 atom stereocenters. The molecule has 4 nitrogen and oxygen atoms in total. The van der Waals surface area contributed by atoms with Crippen molar-refractivity contribution in [3.05, 3.63) is 28.7 Å². The van der Waals surface area contributed by atoms with E-state index in [2.05, 4.69) is 21.2 Å². The van der Waals surface area contributed by atoms with Gasteiger partial charge in [-0.3, -0.25) is 0 Å². The van der Waals surface area contributed by atoms with Crippen LogP contribution in [0.15, 0.2) is 33.6 Å². The molecule has 2 rings (SSSR count). The fourth-order valence-corrected chi connectivity index (χ4v) is 4.02. The molecule has 1 aromatic rings. The Kier molecular flexibility index (Phi) is 3.87. The van der Waals surface area contributed by atoms with E-state index in [1.54, 1.807) is 18.2 Å². The molecule has 0 saturated carbocycles. The first-order valence-corrected chi connectivity index (χ1v) is 7.72. The van der Waals surface area contributed by atoms with E-state index < -0.39 is 10.0 Å². The lowest BCUT2D eigenvalue weighted by Crippen LogP contribution is -2.51. The van der Waals surface area contributed by atoms with Crippen molar-refractivity contribution in [1.29, 1.82) is 0 Å². The summed E-state index contributed by atoms with van der Waals surface area (Å²) in [5, 5.41) is 3.23. The van der Waals surface area contributed by atoms with Crippen molar-refractivity contribution in [2.24, 2.45) is 0 Å². The highest BCUT2D eigenvalue weighted by atomic mass is 79.9. The van der Waals surface area contributed by atoms with Gasteiger partial charge in [-0.1, -0.05) is 22.0 Å². The van der Waals surface area contributed by atoms with Crippen molar-refractivity contribution in [2.45, 2.75) is 17.9 Å². The van der Waals surface area contributed by atoms with Crippen LogP contribution in [-0.4, -0.2) is 38.4 Å². The molecule has 17 heavy (non-hydrogen) atoms. The molecule has 1 N–H and O–H groups in total. The largest absolute Gasteiger partial charge is 0.312 e. The highest BCUT2D eigenvalue weighted by molar-refractivity contribution is 9.10. The summed E-state index contributed by atoms with van der Waals surface area (Å²) in [5.41, 5.74) is 0. The smallest absolute Gasteiger partial charge is 0.243 e. The van der Waals surface area contributed by atoms with Crippen LogP contribution in [0.2, 0.25) is 0 Å².